The van der Waals surface area contributed by atoms with Crippen LogP contribution in [0.2, 0.25) is 5.02 Å². The van der Waals surface area contributed by atoms with Crippen molar-refractivity contribution >= 4 is 11.6 Å². The van der Waals surface area contributed by atoms with Gasteiger partial charge in [0, 0.05) is 18.5 Å². The van der Waals surface area contributed by atoms with Crippen LogP contribution in [0.5, 0.6) is 5.75 Å². The summed E-state index contributed by atoms with van der Waals surface area (Å²) in [5.74, 6) is -0.152. The number of hydrogen-bond acceptors (Lipinski definition) is 3. The molecule has 0 saturated carbocycles. The predicted molar refractivity (Wildman–Crippen MR) is 97.3 cm³/mol. The smallest absolute Gasteiger partial charge is 0.134 e. The normalized spacial score (nSPS) is 21.4. The first-order chi connectivity index (χ1) is 12.0. The number of rotatable bonds is 5. The van der Waals surface area contributed by atoms with Crippen LogP contribution in [0.1, 0.15) is 24.0 Å². The molecule has 0 aliphatic carbocycles. The molecule has 0 amide bonds. The highest BCUT2D eigenvalue weighted by Gasteiger charge is 2.35. The third kappa shape index (κ3) is 4.51. The van der Waals surface area contributed by atoms with Crippen molar-refractivity contribution in [3.63, 3.8) is 0 Å². The van der Waals surface area contributed by atoms with E-state index in [4.69, 9.17) is 11.6 Å². The van der Waals surface area contributed by atoms with Gasteiger partial charge < -0.3 is 10.2 Å². The lowest BCUT2D eigenvalue weighted by Gasteiger charge is -2.42. The van der Waals surface area contributed by atoms with Gasteiger partial charge >= 0.3 is 0 Å². The lowest BCUT2D eigenvalue weighted by molar-refractivity contribution is 0.0288. The highest BCUT2D eigenvalue weighted by molar-refractivity contribution is 6.32. The molecule has 3 nitrogen and oxygen atoms in total. The zero-order valence-corrected chi connectivity index (χ0v) is 14.8. The Hall–Kier alpha value is -1.62. The molecule has 2 N–H and O–H groups in total. The van der Waals surface area contributed by atoms with E-state index in [1.807, 2.05) is 6.07 Å². The SMILES string of the molecule is OC[C@]1(Cc2ccc(F)cc2)CCCN(Cc2ccc(O)c(Cl)c2)C1. The molecular formula is C20H23ClFNO2. The predicted octanol–water partition coefficient (Wildman–Crippen LogP) is 4.00. The van der Waals surface area contributed by atoms with Gasteiger partial charge in [0.15, 0.2) is 0 Å². The second kappa shape index (κ2) is 7.73. The lowest BCUT2D eigenvalue weighted by atomic mass is 9.75. The monoisotopic (exact) mass is 363 g/mol. The summed E-state index contributed by atoms with van der Waals surface area (Å²) in [5.41, 5.74) is 1.87. The Morgan fingerprint density at radius 1 is 1.12 bits per heavy atom. The number of aliphatic hydroxyl groups excluding tert-OH is 1. The Bertz CT molecular complexity index is 722. The minimum absolute atomic E-state index is 0.0880. The van der Waals surface area contributed by atoms with E-state index in [2.05, 4.69) is 4.90 Å². The summed E-state index contributed by atoms with van der Waals surface area (Å²) in [4.78, 5) is 2.31. The molecule has 1 atom stereocenters. The van der Waals surface area contributed by atoms with Crippen molar-refractivity contribution in [2.24, 2.45) is 5.41 Å². The molecule has 25 heavy (non-hydrogen) atoms. The molecule has 1 heterocycles. The number of hydrogen-bond donors (Lipinski definition) is 2. The number of aliphatic hydroxyl groups is 1. The Balaban J connectivity index is 1.71. The third-order valence-corrected chi connectivity index (χ3v) is 5.29. The number of piperidine rings is 1. The number of nitrogens with zero attached hydrogens (tertiary/aromatic N) is 1. The first kappa shape index (κ1) is 18.2. The molecule has 0 unspecified atom stereocenters. The first-order valence-corrected chi connectivity index (χ1v) is 8.93. The zero-order chi connectivity index (χ0) is 17.9. The third-order valence-electron chi connectivity index (χ3n) is 4.99. The summed E-state index contributed by atoms with van der Waals surface area (Å²) in [5, 5.41) is 20.0. The topological polar surface area (TPSA) is 43.7 Å². The Morgan fingerprint density at radius 3 is 2.52 bits per heavy atom. The highest BCUT2D eigenvalue weighted by atomic mass is 35.5. The van der Waals surface area contributed by atoms with Crippen molar-refractivity contribution < 1.29 is 14.6 Å². The summed E-state index contributed by atoms with van der Waals surface area (Å²) in [6.45, 7) is 2.57. The molecule has 1 fully saturated rings. The average Bonchev–Trinajstić information content (AvgIpc) is 2.61. The maximum atomic E-state index is 13.1. The summed E-state index contributed by atoms with van der Waals surface area (Å²) >= 11 is 6.00. The van der Waals surface area contributed by atoms with E-state index in [0.717, 1.165) is 50.0 Å². The van der Waals surface area contributed by atoms with Gasteiger partial charge in [0.05, 0.1) is 11.6 Å². The van der Waals surface area contributed by atoms with Gasteiger partial charge in [-0.3, -0.25) is 4.90 Å². The van der Waals surface area contributed by atoms with E-state index >= 15 is 0 Å². The van der Waals surface area contributed by atoms with Crippen molar-refractivity contribution in [1.82, 2.24) is 4.90 Å². The number of benzene rings is 2. The standard InChI is InChI=1S/C20H23ClFNO2/c21-18-10-16(4-7-19(18)25)12-23-9-1-8-20(13-23,14-24)11-15-2-5-17(22)6-3-15/h2-7,10,24-25H,1,8-9,11-14H2/t20-/m0/s1. The van der Waals surface area contributed by atoms with Crippen molar-refractivity contribution in [2.75, 3.05) is 19.7 Å². The van der Waals surface area contributed by atoms with Gasteiger partial charge in [-0.2, -0.15) is 0 Å². The van der Waals surface area contributed by atoms with Gasteiger partial charge in [-0.05, 0) is 61.2 Å². The summed E-state index contributed by atoms with van der Waals surface area (Å²) < 4.78 is 13.1. The van der Waals surface area contributed by atoms with Gasteiger partial charge in [0.1, 0.15) is 11.6 Å². The number of phenols is 1. The van der Waals surface area contributed by atoms with Crippen LogP contribution >= 0.6 is 11.6 Å². The van der Waals surface area contributed by atoms with Crippen molar-refractivity contribution in [2.45, 2.75) is 25.8 Å². The minimum Gasteiger partial charge on any atom is -0.506 e. The van der Waals surface area contributed by atoms with E-state index in [1.54, 1.807) is 24.3 Å². The zero-order valence-electron chi connectivity index (χ0n) is 14.1. The molecule has 0 spiro atoms. The van der Waals surface area contributed by atoms with Gasteiger partial charge in [-0.15, -0.1) is 0 Å². The van der Waals surface area contributed by atoms with Crippen LogP contribution in [-0.2, 0) is 13.0 Å². The quantitative estimate of drug-likeness (QED) is 0.843. The van der Waals surface area contributed by atoms with Gasteiger partial charge in [0.25, 0.3) is 0 Å². The van der Waals surface area contributed by atoms with Gasteiger partial charge in [0.2, 0.25) is 0 Å². The minimum atomic E-state index is -0.240. The first-order valence-electron chi connectivity index (χ1n) is 8.55. The van der Waals surface area contributed by atoms with E-state index in [9.17, 15) is 14.6 Å². The second-order valence-electron chi connectivity index (χ2n) is 7.06. The van der Waals surface area contributed by atoms with E-state index < -0.39 is 0 Å². The molecule has 2 aromatic carbocycles. The maximum absolute atomic E-state index is 13.1. The maximum Gasteiger partial charge on any atom is 0.134 e. The fourth-order valence-electron chi connectivity index (χ4n) is 3.72. The lowest BCUT2D eigenvalue weighted by Crippen LogP contribution is -2.46. The van der Waals surface area contributed by atoms with E-state index in [1.165, 1.54) is 12.1 Å². The molecule has 0 aromatic heterocycles. The van der Waals surface area contributed by atoms with Crippen molar-refractivity contribution in [3.05, 3.63) is 64.4 Å². The van der Waals surface area contributed by atoms with Crippen LogP contribution < -0.4 is 0 Å². The Morgan fingerprint density at radius 2 is 1.84 bits per heavy atom. The average molecular weight is 364 g/mol. The Kier molecular flexibility index (Phi) is 5.62. The summed E-state index contributed by atoms with van der Waals surface area (Å²) in [6, 6.07) is 11.8. The summed E-state index contributed by atoms with van der Waals surface area (Å²) in [6.07, 6.45) is 2.69. The number of halogens is 2. The number of aromatic hydroxyl groups is 1. The van der Waals surface area contributed by atoms with Crippen molar-refractivity contribution in [1.29, 1.82) is 0 Å². The molecule has 3 rings (SSSR count). The second-order valence-corrected chi connectivity index (χ2v) is 7.47. The van der Waals surface area contributed by atoms with E-state index in [0.29, 0.717) is 5.02 Å². The van der Waals surface area contributed by atoms with Crippen LogP contribution in [0.15, 0.2) is 42.5 Å². The fraction of sp³-hybridized carbons (Fsp3) is 0.400. The molecule has 0 radical (unpaired) electrons. The molecule has 1 aliphatic heterocycles. The van der Waals surface area contributed by atoms with Crippen LogP contribution in [0.3, 0.4) is 0 Å². The Labute approximate surface area is 152 Å². The summed E-state index contributed by atoms with van der Waals surface area (Å²) in [7, 11) is 0. The molecule has 1 aliphatic rings. The molecule has 5 heteroatoms. The molecule has 134 valence electrons. The van der Waals surface area contributed by atoms with Gasteiger partial charge in [-0.25, -0.2) is 4.39 Å². The molecule has 0 bridgehead atoms. The highest BCUT2D eigenvalue weighted by Crippen LogP contribution is 2.34. The molecule has 2 aromatic rings. The van der Waals surface area contributed by atoms with Crippen LogP contribution in [0.25, 0.3) is 0 Å². The number of likely N-dealkylation sites (tertiary alicyclic amines) is 1. The van der Waals surface area contributed by atoms with Gasteiger partial charge in [-0.1, -0.05) is 29.8 Å². The fourth-order valence-corrected chi connectivity index (χ4v) is 3.92. The van der Waals surface area contributed by atoms with Crippen molar-refractivity contribution in [3.8, 4) is 5.75 Å². The van der Waals surface area contributed by atoms with Crippen LogP contribution in [0.4, 0.5) is 4.39 Å². The molecular weight excluding hydrogens is 341 g/mol. The largest absolute Gasteiger partial charge is 0.506 e. The van der Waals surface area contributed by atoms with E-state index in [-0.39, 0.29) is 23.6 Å². The molecule has 1 saturated heterocycles. The van der Waals surface area contributed by atoms with Crippen LogP contribution in [-0.4, -0.2) is 34.8 Å². The van der Waals surface area contributed by atoms with Crippen LogP contribution in [0, 0.1) is 11.2 Å². The number of phenolic OH excluding ortho intramolecular Hbond substituents is 1.